The van der Waals surface area contributed by atoms with Crippen LogP contribution in [0.15, 0.2) is 36.7 Å². The van der Waals surface area contributed by atoms with Gasteiger partial charge in [-0.2, -0.15) is 0 Å². The maximum absolute atomic E-state index is 6.29. The quantitative estimate of drug-likeness (QED) is 0.879. The lowest BCUT2D eigenvalue weighted by Crippen LogP contribution is -2.15. The molecule has 21 heavy (non-hydrogen) atoms. The maximum Gasteiger partial charge on any atom is 0.138 e. The van der Waals surface area contributed by atoms with Crippen LogP contribution in [0, 0.1) is 6.92 Å². The molecule has 0 amide bonds. The minimum Gasteiger partial charge on any atom is -0.487 e. The molecule has 0 radical (unpaired) electrons. The second kappa shape index (κ2) is 6.46. The molecule has 3 nitrogen and oxygen atoms in total. The summed E-state index contributed by atoms with van der Waals surface area (Å²) in [7, 11) is 0. The van der Waals surface area contributed by atoms with Crippen LogP contribution in [0.4, 0.5) is 0 Å². The lowest BCUT2D eigenvalue weighted by molar-refractivity contribution is 0.306. The van der Waals surface area contributed by atoms with Gasteiger partial charge in [0.05, 0.1) is 5.02 Å². The zero-order valence-electron chi connectivity index (χ0n) is 12.1. The van der Waals surface area contributed by atoms with E-state index in [1.165, 1.54) is 18.4 Å². The van der Waals surface area contributed by atoms with Gasteiger partial charge in [-0.1, -0.05) is 17.7 Å². The molecule has 0 atom stereocenters. The van der Waals surface area contributed by atoms with Gasteiger partial charge in [0.2, 0.25) is 0 Å². The van der Waals surface area contributed by atoms with E-state index in [0.717, 1.165) is 17.7 Å². The molecule has 1 aliphatic rings. The summed E-state index contributed by atoms with van der Waals surface area (Å²) in [4.78, 5) is 4.16. The molecule has 0 spiro atoms. The van der Waals surface area contributed by atoms with Crippen molar-refractivity contribution >= 4 is 11.6 Å². The molecule has 1 saturated carbocycles. The van der Waals surface area contributed by atoms with E-state index in [1.807, 2.05) is 31.5 Å². The summed E-state index contributed by atoms with van der Waals surface area (Å²) in [6, 6.07) is 8.74. The molecular formula is C17H19ClN2O. The Morgan fingerprint density at radius 2 is 2.10 bits per heavy atom. The van der Waals surface area contributed by atoms with E-state index in [1.54, 1.807) is 0 Å². The lowest BCUT2D eigenvalue weighted by Gasteiger charge is -2.10. The zero-order chi connectivity index (χ0) is 14.7. The van der Waals surface area contributed by atoms with E-state index >= 15 is 0 Å². The molecule has 1 aliphatic carbocycles. The molecule has 110 valence electrons. The predicted octanol–water partition coefficient (Wildman–Crippen LogP) is 3.87. The van der Waals surface area contributed by atoms with Crippen LogP contribution >= 0.6 is 11.6 Å². The summed E-state index contributed by atoms with van der Waals surface area (Å²) in [5.41, 5.74) is 3.37. The van der Waals surface area contributed by atoms with Crippen molar-refractivity contribution in [3.05, 3.63) is 58.4 Å². The minimum atomic E-state index is 0.480. The minimum absolute atomic E-state index is 0.480. The van der Waals surface area contributed by atoms with Crippen molar-refractivity contribution in [2.75, 3.05) is 0 Å². The van der Waals surface area contributed by atoms with E-state index in [2.05, 4.69) is 22.4 Å². The van der Waals surface area contributed by atoms with Gasteiger partial charge in [-0.3, -0.25) is 4.98 Å². The molecule has 2 aromatic rings. The van der Waals surface area contributed by atoms with Crippen molar-refractivity contribution < 1.29 is 4.74 Å². The number of aryl methyl sites for hydroxylation is 1. The highest BCUT2D eigenvalue weighted by Gasteiger charge is 2.20. The third-order valence-electron chi connectivity index (χ3n) is 3.49. The van der Waals surface area contributed by atoms with E-state index in [9.17, 15) is 0 Å². The fraction of sp³-hybridized carbons (Fsp3) is 0.353. The number of ether oxygens (including phenoxy) is 1. The fourth-order valence-electron chi connectivity index (χ4n) is 2.18. The standard InChI is InChI=1S/C17H19ClN2O/c1-12-6-14(9-19-8-12)11-21-17-5-2-13(7-16(17)18)10-20-15-3-4-15/h2,5-9,15,20H,3-4,10-11H2,1H3. The molecule has 1 aromatic heterocycles. The van der Waals surface area contributed by atoms with Crippen molar-refractivity contribution in [2.24, 2.45) is 0 Å². The Balaban J connectivity index is 1.59. The number of hydrogen-bond donors (Lipinski definition) is 1. The molecule has 1 heterocycles. The van der Waals surface area contributed by atoms with Gasteiger partial charge in [0.15, 0.2) is 0 Å². The highest BCUT2D eigenvalue weighted by atomic mass is 35.5. The predicted molar refractivity (Wildman–Crippen MR) is 84.6 cm³/mol. The van der Waals surface area contributed by atoms with E-state index in [4.69, 9.17) is 16.3 Å². The molecule has 3 rings (SSSR count). The van der Waals surface area contributed by atoms with E-state index < -0.39 is 0 Å². The van der Waals surface area contributed by atoms with Gasteiger partial charge < -0.3 is 10.1 Å². The number of halogens is 1. The first-order chi connectivity index (χ1) is 10.2. The molecule has 0 aliphatic heterocycles. The third kappa shape index (κ3) is 4.19. The third-order valence-corrected chi connectivity index (χ3v) is 3.79. The summed E-state index contributed by atoms with van der Waals surface area (Å²) in [6.07, 6.45) is 6.23. The van der Waals surface area contributed by atoms with Gasteiger partial charge in [-0.25, -0.2) is 0 Å². The molecule has 0 bridgehead atoms. The smallest absolute Gasteiger partial charge is 0.138 e. The van der Waals surface area contributed by atoms with Crippen LogP contribution in [0.2, 0.25) is 5.02 Å². The summed E-state index contributed by atoms with van der Waals surface area (Å²) < 4.78 is 5.78. The Kier molecular flexibility index (Phi) is 4.42. The lowest BCUT2D eigenvalue weighted by atomic mass is 10.2. The maximum atomic E-state index is 6.29. The Hall–Kier alpha value is -1.58. The molecular weight excluding hydrogens is 284 g/mol. The van der Waals surface area contributed by atoms with Crippen molar-refractivity contribution in [1.82, 2.24) is 10.3 Å². The van der Waals surface area contributed by atoms with Gasteiger partial charge in [0, 0.05) is 30.5 Å². The molecule has 1 fully saturated rings. The number of aromatic nitrogens is 1. The molecule has 0 unspecified atom stereocenters. The Morgan fingerprint density at radius 1 is 1.24 bits per heavy atom. The van der Waals surface area contributed by atoms with E-state index in [-0.39, 0.29) is 0 Å². The van der Waals surface area contributed by atoms with Crippen LogP contribution in [0.5, 0.6) is 5.75 Å². The van der Waals surface area contributed by atoms with Crippen molar-refractivity contribution in [2.45, 2.75) is 39.0 Å². The highest BCUT2D eigenvalue weighted by Crippen LogP contribution is 2.27. The van der Waals surface area contributed by atoms with Gasteiger partial charge in [0.25, 0.3) is 0 Å². The number of hydrogen-bond acceptors (Lipinski definition) is 3. The van der Waals surface area contributed by atoms with Gasteiger partial charge in [-0.15, -0.1) is 0 Å². The van der Waals surface area contributed by atoms with Crippen molar-refractivity contribution in [1.29, 1.82) is 0 Å². The van der Waals surface area contributed by atoms with Gasteiger partial charge in [0.1, 0.15) is 12.4 Å². The topological polar surface area (TPSA) is 34.1 Å². The summed E-state index contributed by atoms with van der Waals surface area (Å²) in [5, 5.41) is 4.13. The van der Waals surface area contributed by atoms with Crippen LogP contribution in [0.25, 0.3) is 0 Å². The summed E-state index contributed by atoms with van der Waals surface area (Å²) >= 11 is 6.29. The fourth-order valence-corrected chi connectivity index (χ4v) is 2.44. The van der Waals surface area contributed by atoms with Crippen LogP contribution in [-0.4, -0.2) is 11.0 Å². The van der Waals surface area contributed by atoms with Crippen LogP contribution in [0.3, 0.4) is 0 Å². The first-order valence-corrected chi connectivity index (χ1v) is 7.63. The second-order valence-corrected chi connectivity index (χ2v) is 5.99. The number of benzene rings is 1. The SMILES string of the molecule is Cc1cncc(COc2ccc(CNC3CC3)cc2Cl)c1. The largest absolute Gasteiger partial charge is 0.487 e. The first-order valence-electron chi connectivity index (χ1n) is 7.26. The first kappa shape index (κ1) is 14.4. The van der Waals surface area contributed by atoms with Gasteiger partial charge >= 0.3 is 0 Å². The van der Waals surface area contributed by atoms with Crippen LogP contribution in [-0.2, 0) is 13.2 Å². The van der Waals surface area contributed by atoms with Crippen molar-refractivity contribution in [3.8, 4) is 5.75 Å². The Morgan fingerprint density at radius 3 is 2.81 bits per heavy atom. The van der Waals surface area contributed by atoms with Crippen LogP contribution in [0.1, 0.15) is 29.5 Å². The Bertz CT molecular complexity index is 626. The van der Waals surface area contributed by atoms with Gasteiger partial charge in [-0.05, 0) is 49.1 Å². The van der Waals surface area contributed by atoms with Crippen LogP contribution < -0.4 is 10.1 Å². The number of nitrogens with zero attached hydrogens (tertiary/aromatic N) is 1. The Labute approximate surface area is 130 Å². The number of rotatable bonds is 6. The molecule has 0 saturated heterocycles. The molecule has 4 heteroatoms. The average molecular weight is 303 g/mol. The normalized spacial score (nSPS) is 14.2. The summed E-state index contributed by atoms with van der Waals surface area (Å²) in [6.45, 7) is 3.37. The second-order valence-electron chi connectivity index (χ2n) is 5.58. The molecule has 1 N–H and O–H groups in total. The average Bonchev–Trinajstić information content (AvgIpc) is 3.28. The highest BCUT2D eigenvalue weighted by molar-refractivity contribution is 6.32. The number of pyridine rings is 1. The van der Waals surface area contributed by atoms with Crippen molar-refractivity contribution in [3.63, 3.8) is 0 Å². The number of nitrogens with one attached hydrogen (secondary N) is 1. The summed E-state index contributed by atoms with van der Waals surface area (Å²) in [5.74, 6) is 0.716. The monoisotopic (exact) mass is 302 g/mol. The van der Waals surface area contributed by atoms with E-state index in [0.29, 0.717) is 23.4 Å². The molecule has 1 aromatic carbocycles. The zero-order valence-corrected chi connectivity index (χ0v) is 12.9.